The van der Waals surface area contributed by atoms with Gasteiger partial charge in [-0.25, -0.2) is 8.42 Å². The molecule has 36 heavy (non-hydrogen) atoms. The highest BCUT2D eigenvalue weighted by atomic mass is 32.2. The molecule has 2 aromatic carbocycles. The van der Waals surface area contributed by atoms with E-state index in [2.05, 4.69) is 5.32 Å². The van der Waals surface area contributed by atoms with Crippen molar-refractivity contribution in [1.82, 2.24) is 10.2 Å². The molecule has 0 saturated carbocycles. The maximum absolute atomic E-state index is 13.7. The molecule has 1 unspecified atom stereocenters. The van der Waals surface area contributed by atoms with Gasteiger partial charge in [-0.1, -0.05) is 45.0 Å². The van der Waals surface area contributed by atoms with E-state index in [1.54, 1.807) is 24.3 Å². The van der Waals surface area contributed by atoms with Gasteiger partial charge in [0.1, 0.15) is 18.3 Å². The van der Waals surface area contributed by atoms with Crippen molar-refractivity contribution < 1.29 is 22.7 Å². The fourth-order valence-electron chi connectivity index (χ4n) is 3.80. The lowest BCUT2D eigenvalue weighted by Gasteiger charge is -2.33. The maximum atomic E-state index is 13.7. The summed E-state index contributed by atoms with van der Waals surface area (Å²) in [5, 5.41) is 2.92. The second-order valence-electron chi connectivity index (χ2n) is 9.21. The van der Waals surface area contributed by atoms with Crippen molar-refractivity contribution in [2.45, 2.75) is 53.6 Å². The molecule has 0 bridgehead atoms. The van der Waals surface area contributed by atoms with Crippen molar-refractivity contribution in [3.8, 4) is 5.75 Å². The van der Waals surface area contributed by atoms with Gasteiger partial charge in [-0.2, -0.15) is 0 Å². The molecule has 0 fully saturated rings. The third kappa shape index (κ3) is 8.26. The van der Waals surface area contributed by atoms with Gasteiger partial charge in [-0.05, 0) is 61.6 Å². The van der Waals surface area contributed by atoms with E-state index in [1.165, 1.54) is 4.90 Å². The molecule has 1 atom stereocenters. The van der Waals surface area contributed by atoms with Crippen LogP contribution in [0.15, 0.2) is 48.5 Å². The molecule has 0 saturated heterocycles. The second kappa shape index (κ2) is 13.3. The molecule has 2 rings (SSSR count). The minimum absolute atomic E-state index is 0.194. The van der Waals surface area contributed by atoms with Crippen LogP contribution in [0.2, 0.25) is 0 Å². The minimum atomic E-state index is -3.78. The Morgan fingerprint density at radius 3 is 2.19 bits per heavy atom. The number of nitrogens with zero attached hydrogens (tertiary/aromatic N) is 2. The quantitative estimate of drug-likeness (QED) is 0.437. The Kier molecular flexibility index (Phi) is 10.8. The third-order valence-corrected chi connectivity index (χ3v) is 6.93. The topological polar surface area (TPSA) is 96.0 Å². The van der Waals surface area contributed by atoms with Crippen LogP contribution in [0.1, 0.15) is 45.2 Å². The summed E-state index contributed by atoms with van der Waals surface area (Å²) in [6, 6.07) is 13.5. The van der Waals surface area contributed by atoms with Gasteiger partial charge in [-0.15, -0.1) is 0 Å². The molecule has 2 amide bonds. The predicted octanol–water partition coefficient (Wildman–Crippen LogP) is 3.74. The molecule has 0 heterocycles. The van der Waals surface area contributed by atoms with Gasteiger partial charge in [0.15, 0.2) is 0 Å². The van der Waals surface area contributed by atoms with Gasteiger partial charge in [0.2, 0.25) is 21.8 Å². The van der Waals surface area contributed by atoms with Crippen molar-refractivity contribution >= 4 is 27.5 Å². The highest BCUT2D eigenvalue weighted by Gasteiger charge is 2.32. The van der Waals surface area contributed by atoms with E-state index in [0.717, 1.165) is 21.7 Å². The van der Waals surface area contributed by atoms with Crippen LogP contribution in [0.5, 0.6) is 5.75 Å². The Morgan fingerprint density at radius 2 is 1.67 bits per heavy atom. The molecular weight excluding hydrogens is 478 g/mol. The van der Waals surface area contributed by atoms with Crippen LogP contribution in [0.4, 0.5) is 5.69 Å². The minimum Gasteiger partial charge on any atom is -0.494 e. The maximum Gasteiger partial charge on any atom is 0.244 e. The van der Waals surface area contributed by atoms with Crippen LogP contribution < -0.4 is 14.4 Å². The number of anilines is 1. The van der Waals surface area contributed by atoms with Crippen LogP contribution in [0, 0.1) is 12.8 Å². The molecule has 8 nitrogen and oxygen atoms in total. The second-order valence-corrected chi connectivity index (χ2v) is 11.1. The highest BCUT2D eigenvalue weighted by molar-refractivity contribution is 7.92. The molecule has 1 N–H and O–H groups in total. The summed E-state index contributed by atoms with van der Waals surface area (Å²) in [5.41, 5.74) is 2.23. The lowest BCUT2D eigenvalue weighted by atomic mass is 10.1. The molecule has 0 aromatic heterocycles. The number of hydrogen-bond donors (Lipinski definition) is 1. The van der Waals surface area contributed by atoms with Crippen LogP contribution >= 0.6 is 0 Å². The van der Waals surface area contributed by atoms with Crippen LogP contribution in [-0.4, -0.2) is 57.1 Å². The largest absolute Gasteiger partial charge is 0.494 e. The van der Waals surface area contributed by atoms with Crippen LogP contribution in [0.25, 0.3) is 0 Å². The summed E-state index contributed by atoms with van der Waals surface area (Å²) in [4.78, 5) is 28.3. The van der Waals surface area contributed by atoms with E-state index in [-0.39, 0.29) is 18.4 Å². The number of nitrogens with one attached hydrogen (secondary N) is 1. The molecule has 0 spiro atoms. The zero-order valence-corrected chi connectivity index (χ0v) is 23.0. The average molecular weight is 518 g/mol. The number of rotatable bonds is 13. The lowest BCUT2D eigenvalue weighted by Crippen LogP contribution is -2.52. The number of sulfonamides is 1. The highest BCUT2D eigenvalue weighted by Crippen LogP contribution is 2.23. The summed E-state index contributed by atoms with van der Waals surface area (Å²) >= 11 is 0. The standard InChI is InChI=1S/C27H39N3O5S/c1-7-25(27(32)28-17-20(3)4)29(18-22-12-10-9-11-21(22)5)26(31)19-30(36(6,33)34)23-13-15-24(16-14-23)35-8-2/h9-16,20,25H,7-8,17-19H2,1-6H3,(H,28,32). The van der Waals surface area contributed by atoms with Crippen molar-refractivity contribution in [3.05, 3.63) is 59.7 Å². The van der Waals surface area contributed by atoms with Crippen molar-refractivity contribution in [3.63, 3.8) is 0 Å². The van der Waals surface area contributed by atoms with Crippen molar-refractivity contribution in [2.75, 3.05) is 30.3 Å². The van der Waals surface area contributed by atoms with E-state index in [9.17, 15) is 18.0 Å². The molecule has 0 aliphatic rings. The zero-order chi connectivity index (χ0) is 26.9. The van der Waals surface area contributed by atoms with Crippen molar-refractivity contribution in [2.24, 2.45) is 5.92 Å². The van der Waals surface area contributed by atoms with Crippen LogP contribution in [-0.2, 0) is 26.2 Å². The Balaban J connectivity index is 2.41. The first-order valence-electron chi connectivity index (χ1n) is 12.3. The summed E-state index contributed by atoms with van der Waals surface area (Å²) < 4.78 is 31.9. The van der Waals surface area contributed by atoms with Gasteiger partial charge >= 0.3 is 0 Å². The first-order chi connectivity index (χ1) is 17.0. The van der Waals surface area contributed by atoms with Gasteiger partial charge in [0, 0.05) is 13.1 Å². The number of amides is 2. The van der Waals surface area contributed by atoms with E-state index in [4.69, 9.17) is 4.74 Å². The molecular formula is C27H39N3O5S. The molecule has 0 aliphatic carbocycles. The fourth-order valence-corrected chi connectivity index (χ4v) is 4.65. The number of ether oxygens (including phenoxy) is 1. The average Bonchev–Trinajstić information content (AvgIpc) is 2.82. The Hall–Kier alpha value is -3.07. The number of carbonyl (C=O) groups is 2. The number of hydrogen-bond acceptors (Lipinski definition) is 5. The molecule has 9 heteroatoms. The Bertz CT molecular complexity index is 1120. The smallest absolute Gasteiger partial charge is 0.244 e. The Labute approximate surface area is 215 Å². The van der Waals surface area contributed by atoms with Gasteiger partial charge in [0.05, 0.1) is 18.6 Å². The zero-order valence-electron chi connectivity index (χ0n) is 22.2. The van der Waals surface area contributed by atoms with Gasteiger partial charge in [0.25, 0.3) is 0 Å². The van der Waals surface area contributed by atoms with E-state index in [0.29, 0.717) is 31.0 Å². The first kappa shape index (κ1) is 29.2. The normalized spacial score (nSPS) is 12.2. The summed E-state index contributed by atoms with van der Waals surface area (Å²) in [6.45, 7) is 10.4. The fraction of sp³-hybridized carbons (Fsp3) is 0.481. The predicted molar refractivity (Wildman–Crippen MR) is 143 cm³/mol. The molecule has 0 radical (unpaired) electrons. The number of benzene rings is 2. The molecule has 0 aliphatic heterocycles. The number of aryl methyl sites for hydroxylation is 1. The molecule has 198 valence electrons. The van der Waals surface area contributed by atoms with E-state index < -0.39 is 28.5 Å². The molecule has 2 aromatic rings. The number of carbonyl (C=O) groups excluding carboxylic acids is 2. The SMILES string of the molecule is CCOc1ccc(N(CC(=O)N(Cc2ccccc2C)C(CC)C(=O)NCC(C)C)S(C)(=O)=O)cc1. The third-order valence-electron chi connectivity index (χ3n) is 5.79. The monoisotopic (exact) mass is 517 g/mol. The summed E-state index contributed by atoms with van der Waals surface area (Å²) in [5.74, 6) is 0.159. The van der Waals surface area contributed by atoms with Crippen molar-refractivity contribution in [1.29, 1.82) is 0 Å². The van der Waals surface area contributed by atoms with Crippen LogP contribution in [0.3, 0.4) is 0 Å². The summed E-state index contributed by atoms with van der Waals surface area (Å²) in [6.07, 6.45) is 1.46. The first-order valence-corrected chi connectivity index (χ1v) is 14.1. The van der Waals surface area contributed by atoms with Gasteiger partial charge in [-0.3, -0.25) is 13.9 Å². The Morgan fingerprint density at radius 1 is 1.03 bits per heavy atom. The summed E-state index contributed by atoms with van der Waals surface area (Å²) in [7, 11) is -3.78. The van der Waals surface area contributed by atoms with E-state index >= 15 is 0 Å². The van der Waals surface area contributed by atoms with E-state index in [1.807, 2.05) is 58.9 Å². The van der Waals surface area contributed by atoms with Gasteiger partial charge < -0.3 is 15.0 Å². The lowest BCUT2D eigenvalue weighted by molar-refractivity contribution is -0.140.